The molecule has 4 aromatic carbocycles. The second-order valence-electron chi connectivity index (χ2n) is 12.2. The van der Waals surface area contributed by atoms with Gasteiger partial charge in [0, 0.05) is 53.6 Å². The van der Waals surface area contributed by atoms with Crippen LogP contribution in [0.1, 0.15) is 67.2 Å². The fourth-order valence-corrected chi connectivity index (χ4v) is 6.46. The van der Waals surface area contributed by atoms with E-state index in [9.17, 15) is 9.90 Å². The van der Waals surface area contributed by atoms with Gasteiger partial charge in [0.25, 0.3) is 0 Å². The van der Waals surface area contributed by atoms with Crippen LogP contribution in [-0.4, -0.2) is 15.9 Å². The number of benzene rings is 4. The number of aliphatic hydroxyl groups is 1. The molecular weight excluding hydrogens is 751 g/mol. The van der Waals surface area contributed by atoms with Crippen LogP contribution < -0.4 is 0 Å². The topological polar surface area (TPSA) is 50.2 Å². The van der Waals surface area contributed by atoms with Crippen molar-refractivity contribution in [2.45, 2.75) is 67.2 Å². The molecule has 3 nitrogen and oxygen atoms in total. The van der Waals surface area contributed by atoms with Gasteiger partial charge in [-0.05, 0) is 53.1 Å². The van der Waals surface area contributed by atoms with Gasteiger partial charge in [0.1, 0.15) is 5.76 Å². The molecule has 235 valence electrons. The number of aliphatic hydroxyl groups excluding tert-OH is 1. The number of aromatic nitrogens is 1. The number of ketones is 1. The maximum atomic E-state index is 12.2. The van der Waals surface area contributed by atoms with Crippen LogP contribution >= 0.6 is 11.3 Å². The molecule has 0 atom stereocenters. The third-order valence-corrected chi connectivity index (χ3v) is 10.7. The quantitative estimate of drug-likeness (QED) is 0.0949. The molecule has 0 fully saturated rings. The van der Waals surface area contributed by atoms with E-state index in [1.165, 1.54) is 50.2 Å². The Hall–Kier alpha value is -3.37. The number of carbonyl (C=O) groups excluding carboxylic acids is 1. The van der Waals surface area contributed by atoms with Crippen LogP contribution in [0.2, 0.25) is 0 Å². The van der Waals surface area contributed by atoms with Crippen LogP contribution in [0.25, 0.3) is 54.7 Å². The first kappa shape index (κ1) is 34.5. The fraction of sp³-hybridized carbons (Fsp3) is 0.300. The van der Waals surface area contributed by atoms with Crippen molar-refractivity contribution in [2.24, 2.45) is 10.8 Å². The van der Waals surface area contributed by atoms with Crippen molar-refractivity contribution >= 4 is 27.9 Å². The van der Waals surface area contributed by atoms with Crippen LogP contribution in [0.3, 0.4) is 0 Å². The number of allylic oxidation sites excluding steroid dienone is 2. The third-order valence-electron chi connectivity index (χ3n) is 9.92. The first-order valence-electron chi connectivity index (χ1n) is 15.7. The molecule has 6 rings (SSSR count). The SMILES string of the molecule is CCC(C)(CC)C(=O)/C=C(\O)C(C)(CC)CC.[Ir].[c-]1cc2c(cc1-c1nccs1)-c1ccccc1-c1cccc3cccc-2c13. The molecule has 1 aliphatic rings. The molecule has 0 spiro atoms. The molecule has 5 aromatic rings. The van der Waals surface area contributed by atoms with E-state index in [4.69, 9.17) is 0 Å². The maximum absolute atomic E-state index is 12.2. The summed E-state index contributed by atoms with van der Waals surface area (Å²) in [6, 6.07) is 29.7. The number of hydrogen-bond acceptors (Lipinski definition) is 4. The summed E-state index contributed by atoms with van der Waals surface area (Å²) < 4.78 is 0. The molecule has 1 radical (unpaired) electrons. The Labute approximate surface area is 285 Å². The minimum absolute atomic E-state index is 0. The summed E-state index contributed by atoms with van der Waals surface area (Å²) in [6.07, 6.45) is 6.61. The molecule has 1 aromatic heterocycles. The van der Waals surface area contributed by atoms with Gasteiger partial charge >= 0.3 is 0 Å². The number of carbonyl (C=O) groups is 1. The molecule has 1 N–H and O–H groups in total. The zero-order valence-electron chi connectivity index (χ0n) is 27.0. The van der Waals surface area contributed by atoms with E-state index in [2.05, 4.69) is 83.8 Å². The van der Waals surface area contributed by atoms with Gasteiger partial charge in [0.2, 0.25) is 0 Å². The molecule has 1 heterocycles. The number of rotatable bonds is 8. The van der Waals surface area contributed by atoms with Gasteiger partial charge in [-0.15, -0.1) is 23.8 Å². The van der Waals surface area contributed by atoms with Crippen molar-refractivity contribution in [3.8, 4) is 44.0 Å². The van der Waals surface area contributed by atoms with Crippen LogP contribution in [0, 0.1) is 16.9 Å². The zero-order chi connectivity index (χ0) is 31.5. The summed E-state index contributed by atoms with van der Waals surface area (Å²) in [7, 11) is 0. The number of nitrogens with zero attached hydrogens (tertiary/aromatic N) is 1. The Balaban J connectivity index is 0.000000226. The Morgan fingerprint density at radius 3 is 1.91 bits per heavy atom. The minimum Gasteiger partial charge on any atom is -0.512 e. The van der Waals surface area contributed by atoms with Gasteiger partial charge in [0.05, 0.1) is 0 Å². The molecule has 5 heteroatoms. The van der Waals surface area contributed by atoms with Crippen molar-refractivity contribution in [1.29, 1.82) is 0 Å². The Bertz CT molecular complexity index is 1810. The number of thiazole rings is 1. The van der Waals surface area contributed by atoms with E-state index < -0.39 is 0 Å². The predicted octanol–water partition coefficient (Wildman–Crippen LogP) is 11.7. The van der Waals surface area contributed by atoms with Crippen LogP contribution in [0.4, 0.5) is 0 Å². The van der Waals surface area contributed by atoms with Crippen LogP contribution in [-0.2, 0) is 24.9 Å². The largest absolute Gasteiger partial charge is 0.512 e. The molecular formula is C40H42IrNO2S-. The summed E-state index contributed by atoms with van der Waals surface area (Å²) in [5.41, 5.74) is 8.05. The smallest absolute Gasteiger partial charge is 0.164 e. The van der Waals surface area contributed by atoms with Crippen molar-refractivity contribution < 1.29 is 30.0 Å². The fourth-order valence-electron chi connectivity index (χ4n) is 5.84. The van der Waals surface area contributed by atoms with Crippen molar-refractivity contribution in [2.75, 3.05) is 0 Å². The normalized spacial score (nSPS) is 12.3. The molecule has 0 bridgehead atoms. The number of hydrogen-bond donors (Lipinski definition) is 1. The average Bonchev–Trinajstić information content (AvgIpc) is 3.59. The van der Waals surface area contributed by atoms with Gasteiger partial charge in [-0.2, -0.15) is 11.3 Å². The van der Waals surface area contributed by atoms with Crippen molar-refractivity contribution in [3.63, 3.8) is 0 Å². The van der Waals surface area contributed by atoms with Crippen LogP contribution in [0.5, 0.6) is 0 Å². The van der Waals surface area contributed by atoms with E-state index in [-0.39, 0.29) is 42.5 Å². The van der Waals surface area contributed by atoms with Gasteiger partial charge in [0.15, 0.2) is 5.78 Å². The Morgan fingerprint density at radius 1 is 0.800 bits per heavy atom. The maximum Gasteiger partial charge on any atom is 0.164 e. The summed E-state index contributed by atoms with van der Waals surface area (Å²) in [5, 5.41) is 15.8. The van der Waals surface area contributed by atoms with Crippen molar-refractivity contribution in [1.82, 2.24) is 4.98 Å². The summed E-state index contributed by atoms with van der Waals surface area (Å²) in [4.78, 5) is 16.7. The Morgan fingerprint density at radius 2 is 1.36 bits per heavy atom. The molecule has 0 saturated heterocycles. The van der Waals surface area contributed by atoms with Crippen LogP contribution in [0.15, 0.2) is 96.2 Å². The van der Waals surface area contributed by atoms with E-state index in [1.54, 1.807) is 11.3 Å². The Kier molecular flexibility index (Phi) is 11.0. The average molecular weight is 793 g/mol. The van der Waals surface area contributed by atoms with Crippen molar-refractivity contribution in [3.05, 3.63) is 102 Å². The number of fused-ring (bicyclic) bond motifs is 5. The molecule has 0 saturated carbocycles. The second-order valence-corrected chi connectivity index (χ2v) is 13.1. The van der Waals surface area contributed by atoms with E-state index in [1.807, 2.05) is 53.1 Å². The molecule has 45 heavy (non-hydrogen) atoms. The monoisotopic (exact) mass is 793 g/mol. The molecule has 0 amide bonds. The first-order chi connectivity index (χ1) is 21.2. The van der Waals surface area contributed by atoms with Gasteiger partial charge in [-0.3, -0.25) is 9.78 Å². The summed E-state index contributed by atoms with van der Waals surface area (Å²) in [6.45, 7) is 12.1. The standard InChI is InChI=1S/C25H14NS.C15H28O2.Ir/c1-2-8-19-18(7-1)21-9-3-5-16-6-4-10-22(24(16)21)20-12-11-17(15-23(19)20)25-26-13-14-27-25;1-7-14(5,8-2)12(16)11-13(17)15(6,9-3)10-4;/h1-10,12-15H;11,16H,7-10H2,1-6H3;/q-1;;/b;12-11-;. The summed E-state index contributed by atoms with van der Waals surface area (Å²) >= 11 is 1.65. The van der Waals surface area contributed by atoms with Gasteiger partial charge in [-0.1, -0.05) is 119 Å². The molecule has 1 aliphatic carbocycles. The summed E-state index contributed by atoms with van der Waals surface area (Å²) in [5.74, 6) is 0.286. The predicted molar refractivity (Wildman–Crippen MR) is 187 cm³/mol. The first-order valence-corrected chi connectivity index (χ1v) is 16.6. The van der Waals surface area contributed by atoms with E-state index in [0.717, 1.165) is 36.3 Å². The second kappa shape index (κ2) is 14.4. The zero-order valence-corrected chi connectivity index (χ0v) is 30.2. The third kappa shape index (κ3) is 6.63. The molecule has 0 aliphatic heterocycles. The van der Waals surface area contributed by atoms with Gasteiger partial charge < -0.3 is 5.11 Å². The van der Waals surface area contributed by atoms with E-state index >= 15 is 0 Å². The molecule has 0 unspecified atom stereocenters. The van der Waals surface area contributed by atoms with Gasteiger partial charge in [-0.25, -0.2) is 0 Å². The van der Waals surface area contributed by atoms with E-state index in [0.29, 0.717) is 0 Å². The minimum atomic E-state index is -0.337.